The molecule has 2 saturated heterocycles. The summed E-state index contributed by atoms with van der Waals surface area (Å²) < 4.78 is 0. The van der Waals surface area contributed by atoms with Gasteiger partial charge in [-0.15, -0.1) is 9.24 Å². The molecule has 0 spiro atoms. The van der Waals surface area contributed by atoms with Crippen molar-refractivity contribution < 1.29 is 0 Å². The number of benzene rings is 1. The van der Waals surface area contributed by atoms with Crippen LogP contribution in [-0.2, 0) is 0 Å². The first-order chi connectivity index (χ1) is 22.1. The fraction of sp³-hybridized carbons (Fsp3) is 0.756. The highest BCUT2D eigenvalue weighted by molar-refractivity contribution is 7.59. The van der Waals surface area contributed by atoms with E-state index in [1.165, 1.54) is 56.1 Å². The lowest BCUT2D eigenvalue weighted by molar-refractivity contribution is 0.0130. The molecule has 2 aliphatic heterocycles. The monoisotopic (exact) mass is 640 g/mol. The minimum atomic E-state index is -0.00927. The van der Waals surface area contributed by atoms with E-state index < -0.39 is 0 Å². The quantitative estimate of drug-likeness (QED) is 0.278. The van der Waals surface area contributed by atoms with Gasteiger partial charge in [0.15, 0.2) is 0 Å². The number of allylic oxidation sites excluding steroid dienone is 4. The van der Waals surface area contributed by atoms with Gasteiger partial charge in [-0.1, -0.05) is 56.0 Å². The number of hydrogen-bond donors (Lipinski definition) is 2. The molecule has 2 N–H and O–H groups in total. The summed E-state index contributed by atoms with van der Waals surface area (Å²) in [6.07, 6.45) is 28.4. The van der Waals surface area contributed by atoms with E-state index in [1.807, 2.05) is 5.57 Å². The van der Waals surface area contributed by atoms with Crippen LogP contribution in [0, 0.1) is 53.3 Å². The normalized spacial score (nSPS) is 48.1. The van der Waals surface area contributed by atoms with E-state index in [4.69, 9.17) is 0 Å². The third kappa shape index (κ3) is 4.91. The molecule has 4 heteroatoms. The first kappa shape index (κ1) is 29.4. The molecule has 1 aromatic rings. The van der Waals surface area contributed by atoms with E-state index >= 15 is 0 Å². The molecule has 0 radical (unpaired) electrons. The van der Waals surface area contributed by atoms with E-state index in [0.717, 1.165) is 58.7 Å². The van der Waals surface area contributed by atoms with Crippen molar-refractivity contribution in [2.24, 2.45) is 53.3 Å². The van der Waals surface area contributed by atoms with Gasteiger partial charge in [-0.2, -0.15) is 0 Å². The Morgan fingerprint density at radius 3 is 1.60 bits per heavy atom. The highest BCUT2D eigenvalue weighted by Crippen LogP contribution is 2.72. The van der Waals surface area contributed by atoms with Crippen molar-refractivity contribution in [3.8, 4) is 0 Å². The first-order valence-electron chi connectivity index (χ1n) is 19.6. The van der Waals surface area contributed by atoms with E-state index in [2.05, 4.69) is 62.4 Å². The van der Waals surface area contributed by atoms with E-state index in [-0.39, 0.29) is 13.1 Å². The molecule has 2 heterocycles. The molecule has 10 fully saturated rings. The molecule has 8 bridgehead atoms. The highest BCUT2D eigenvalue weighted by atomic mass is 31.1. The summed E-state index contributed by atoms with van der Waals surface area (Å²) in [5.41, 5.74) is 6.98. The fourth-order valence-corrected chi connectivity index (χ4v) is 20.0. The summed E-state index contributed by atoms with van der Waals surface area (Å²) in [5.74, 6) is 9.16. The van der Waals surface area contributed by atoms with Gasteiger partial charge in [0.1, 0.15) is 0 Å². The van der Waals surface area contributed by atoms with Crippen LogP contribution in [0.15, 0.2) is 48.1 Å². The zero-order chi connectivity index (χ0) is 29.7. The topological polar surface area (TPSA) is 24.1 Å². The van der Waals surface area contributed by atoms with Crippen LogP contribution in [0.25, 0.3) is 5.57 Å². The molecule has 2 nitrogen and oxygen atoms in total. The van der Waals surface area contributed by atoms with Crippen molar-refractivity contribution in [3.05, 3.63) is 53.6 Å². The van der Waals surface area contributed by atoms with Gasteiger partial charge in [-0.25, -0.2) is 0 Å². The van der Waals surface area contributed by atoms with E-state index in [0.29, 0.717) is 18.0 Å². The molecule has 9 aliphatic carbocycles. The van der Waals surface area contributed by atoms with Crippen molar-refractivity contribution >= 4 is 22.7 Å². The smallest absolute Gasteiger partial charge is 0.0255 e. The average molecular weight is 641 g/mol. The minimum absolute atomic E-state index is 0.00927. The van der Waals surface area contributed by atoms with Gasteiger partial charge in [0.2, 0.25) is 0 Å². The summed E-state index contributed by atoms with van der Waals surface area (Å²) in [5, 5.41) is 8.31. The van der Waals surface area contributed by atoms with Gasteiger partial charge in [0, 0.05) is 23.2 Å². The molecule has 4 atom stereocenters. The standard InChI is InChI=1S/C41H58N2P2/c44-41(37-8-4-10-42-37,38-9-5-11-43-38)36-23-30(29-6-2-1-3-7-29)22-35(36)24-45(39-31-14-25-12-26(16-31)17-32(39)15-25)40-33-18-27-13-28(20-33)21-34(40)19-27/h1-3,6-7,22-23,25-28,31-34,36-40,42-43H,4-5,8-21,24,44H2. The SMILES string of the molecule is PC(C1CCCN1)(C1CCCN1)C1C=C(c2ccccc2)C=C1CP(C1C2CC3CC(C2)CC1C3)C1C2CC3CC(C2)CC1C3. The van der Waals surface area contributed by atoms with Crippen LogP contribution in [0.4, 0.5) is 0 Å². The zero-order valence-corrected chi connectivity index (χ0v) is 29.6. The van der Waals surface area contributed by atoms with Gasteiger partial charge in [0.05, 0.1) is 0 Å². The van der Waals surface area contributed by atoms with Crippen LogP contribution >= 0.6 is 17.2 Å². The lowest BCUT2D eigenvalue weighted by atomic mass is 9.55. The maximum atomic E-state index is 4.08. The predicted octanol–water partition coefficient (Wildman–Crippen LogP) is 8.88. The maximum Gasteiger partial charge on any atom is 0.0255 e. The molecule has 12 rings (SSSR count). The van der Waals surface area contributed by atoms with Crippen molar-refractivity contribution in [1.29, 1.82) is 0 Å². The second-order valence-electron chi connectivity index (χ2n) is 18.0. The van der Waals surface area contributed by atoms with Gasteiger partial charge >= 0.3 is 0 Å². The fourth-order valence-electron chi connectivity index (χ4n) is 14.4. The summed E-state index contributed by atoms with van der Waals surface area (Å²) in [6, 6.07) is 12.7. The summed E-state index contributed by atoms with van der Waals surface area (Å²) in [6.45, 7) is 2.39. The first-order valence-corrected chi connectivity index (χ1v) is 21.8. The van der Waals surface area contributed by atoms with Gasteiger partial charge < -0.3 is 10.6 Å². The minimum Gasteiger partial charge on any atom is -0.313 e. The lowest BCUT2D eigenvalue weighted by Crippen LogP contribution is -2.59. The number of rotatable bonds is 8. The Labute approximate surface area is 277 Å². The van der Waals surface area contributed by atoms with Crippen molar-refractivity contribution in [2.45, 2.75) is 118 Å². The van der Waals surface area contributed by atoms with Gasteiger partial charge in [-0.3, -0.25) is 0 Å². The zero-order valence-electron chi connectivity index (χ0n) is 27.6. The molecule has 1 aromatic carbocycles. The van der Waals surface area contributed by atoms with E-state index in [1.54, 1.807) is 64.2 Å². The van der Waals surface area contributed by atoms with Gasteiger partial charge in [0.25, 0.3) is 0 Å². The predicted molar refractivity (Wildman–Crippen MR) is 194 cm³/mol. The molecule has 0 aromatic heterocycles. The molecule has 45 heavy (non-hydrogen) atoms. The molecule has 4 unspecified atom stereocenters. The van der Waals surface area contributed by atoms with Crippen LogP contribution in [0.3, 0.4) is 0 Å². The summed E-state index contributed by atoms with van der Waals surface area (Å²) >= 11 is 0. The van der Waals surface area contributed by atoms with E-state index in [9.17, 15) is 0 Å². The highest BCUT2D eigenvalue weighted by Gasteiger charge is 2.58. The second-order valence-corrected chi connectivity index (χ2v) is 21.5. The Morgan fingerprint density at radius 2 is 1.16 bits per heavy atom. The number of nitrogens with one attached hydrogen (secondary N) is 2. The molecule has 242 valence electrons. The maximum absolute atomic E-state index is 4.08. The van der Waals surface area contributed by atoms with Crippen molar-refractivity contribution in [3.63, 3.8) is 0 Å². The molecular weight excluding hydrogens is 582 g/mol. The van der Waals surface area contributed by atoms with Crippen LogP contribution in [0.1, 0.15) is 95.5 Å². The Balaban J connectivity index is 1.06. The van der Waals surface area contributed by atoms with Crippen LogP contribution < -0.4 is 10.6 Å². The Bertz CT molecular complexity index is 1210. The molecule has 8 saturated carbocycles. The van der Waals surface area contributed by atoms with Crippen molar-refractivity contribution in [1.82, 2.24) is 10.6 Å². The third-order valence-electron chi connectivity index (χ3n) is 15.5. The Kier molecular flexibility index (Phi) is 7.54. The lowest BCUT2D eigenvalue weighted by Gasteiger charge is -2.62. The van der Waals surface area contributed by atoms with Crippen LogP contribution in [0.2, 0.25) is 0 Å². The summed E-state index contributed by atoms with van der Waals surface area (Å²) in [4.78, 5) is 0. The van der Waals surface area contributed by atoms with Crippen LogP contribution in [0.5, 0.6) is 0 Å². The average Bonchev–Trinajstić information content (AvgIpc) is 3.84. The summed E-state index contributed by atoms with van der Waals surface area (Å²) in [7, 11) is 3.60. The number of hydrogen-bond acceptors (Lipinski definition) is 2. The molecule has 11 aliphatic rings. The van der Waals surface area contributed by atoms with Crippen molar-refractivity contribution in [2.75, 3.05) is 19.3 Å². The second kappa shape index (κ2) is 11.5. The Hall–Kier alpha value is -0.520. The largest absolute Gasteiger partial charge is 0.313 e. The third-order valence-corrected chi connectivity index (χ3v) is 20.7. The van der Waals surface area contributed by atoms with Crippen LogP contribution in [-0.4, -0.2) is 47.8 Å². The Morgan fingerprint density at radius 1 is 0.667 bits per heavy atom. The molecule has 0 amide bonds. The molecular formula is C41H58N2P2. The van der Waals surface area contributed by atoms with Gasteiger partial charge in [-0.05, 0) is 179 Å².